The van der Waals surface area contributed by atoms with Crippen LogP contribution in [0.4, 0.5) is 0 Å². The topological polar surface area (TPSA) is 70.4 Å². The van der Waals surface area contributed by atoms with Crippen molar-refractivity contribution in [1.82, 2.24) is 9.78 Å². The molecule has 2 aliphatic carbocycles. The highest BCUT2D eigenvalue weighted by molar-refractivity contribution is 6.10. The van der Waals surface area contributed by atoms with E-state index in [4.69, 9.17) is 9.47 Å². The average Bonchev–Trinajstić information content (AvgIpc) is 3.16. The smallest absolute Gasteiger partial charge is 0.317 e. The maximum Gasteiger partial charge on any atom is 0.317 e. The van der Waals surface area contributed by atoms with Gasteiger partial charge in [-0.3, -0.25) is 14.3 Å². The van der Waals surface area contributed by atoms with Crippen molar-refractivity contribution < 1.29 is 19.1 Å². The highest BCUT2D eigenvalue weighted by Crippen LogP contribution is 2.37. The summed E-state index contributed by atoms with van der Waals surface area (Å²) in [4.78, 5) is 26.6. The van der Waals surface area contributed by atoms with Gasteiger partial charge in [0.15, 0.2) is 5.78 Å². The summed E-state index contributed by atoms with van der Waals surface area (Å²) < 4.78 is 13.2. The first-order valence-corrected chi connectivity index (χ1v) is 12.2. The second kappa shape index (κ2) is 9.70. The number of Topliss-reactive ketones (excluding diaryl/α,β-unsaturated/α-hetero) is 1. The summed E-state index contributed by atoms with van der Waals surface area (Å²) in [5.74, 6) is 0.784. The number of carbonyl (C=O) groups is 2. The molecular weight excluding hydrogens is 416 g/mol. The summed E-state index contributed by atoms with van der Waals surface area (Å²) in [5, 5.41) is 4.49. The lowest BCUT2D eigenvalue weighted by atomic mass is 9.75. The number of rotatable bonds is 6. The Labute approximate surface area is 196 Å². The molecule has 0 amide bonds. The molecule has 0 bridgehead atoms. The molecule has 0 N–H and O–H groups in total. The molecule has 1 heterocycles. The first-order chi connectivity index (χ1) is 15.8. The van der Waals surface area contributed by atoms with E-state index in [0.29, 0.717) is 36.3 Å². The second-order valence-electron chi connectivity index (χ2n) is 10.3. The van der Waals surface area contributed by atoms with E-state index in [1.807, 2.05) is 35.9 Å². The maximum atomic E-state index is 13.4. The first kappa shape index (κ1) is 23.5. The molecule has 0 radical (unpaired) electrons. The van der Waals surface area contributed by atoms with Gasteiger partial charge in [0.2, 0.25) is 0 Å². The van der Waals surface area contributed by atoms with Crippen LogP contribution in [-0.4, -0.2) is 34.7 Å². The fraction of sp³-hybridized carbons (Fsp3) is 0.593. The van der Waals surface area contributed by atoms with Gasteiger partial charge in [-0.05, 0) is 60.6 Å². The van der Waals surface area contributed by atoms with Gasteiger partial charge in [-0.25, -0.2) is 0 Å². The van der Waals surface area contributed by atoms with Crippen molar-refractivity contribution >= 4 is 11.8 Å². The van der Waals surface area contributed by atoms with Crippen LogP contribution in [0.1, 0.15) is 68.6 Å². The number of nitrogens with zero attached hydrogens (tertiary/aromatic N) is 2. The molecule has 6 nitrogen and oxygen atoms in total. The molecule has 2 aliphatic rings. The highest BCUT2D eigenvalue weighted by atomic mass is 16.5. The normalized spacial score (nSPS) is 27.3. The molecule has 1 aromatic heterocycles. The number of methoxy groups -OCH3 is 1. The van der Waals surface area contributed by atoms with Gasteiger partial charge in [-0.2, -0.15) is 5.10 Å². The van der Waals surface area contributed by atoms with E-state index >= 15 is 0 Å². The van der Waals surface area contributed by atoms with Crippen molar-refractivity contribution in [1.29, 1.82) is 0 Å². The highest BCUT2D eigenvalue weighted by Gasteiger charge is 2.43. The molecule has 4 rings (SSSR count). The first-order valence-electron chi connectivity index (χ1n) is 12.2. The van der Waals surface area contributed by atoms with E-state index in [9.17, 15) is 9.59 Å². The summed E-state index contributed by atoms with van der Waals surface area (Å²) in [6, 6.07) is 7.83. The second-order valence-corrected chi connectivity index (χ2v) is 10.3. The van der Waals surface area contributed by atoms with Crippen molar-refractivity contribution in [2.45, 2.75) is 66.0 Å². The van der Waals surface area contributed by atoms with E-state index in [2.05, 4.69) is 25.9 Å². The Balaban J connectivity index is 1.49. The summed E-state index contributed by atoms with van der Waals surface area (Å²) in [6.07, 6.45) is 5.29. The molecule has 5 atom stereocenters. The number of hydrogen-bond donors (Lipinski definition) is 0. The molecule has 178 valence electrons. The molecule has 0 aliphatic heterocycles. The van der Waals surface area contributed by atoms with Crippen molar-refractivity contribution in [3.05, 3.63) is 47.3 Å². The summed E-state index contributed by atoms with van der Waals surface area (Å²) in [5.41, 5.74) is 2.54. The quantitative estimate of drug-likeness (QED) is 0.459. The number of ketones is 1. The largest absolute Gasteiger partial charge is 0.497 e. The van der Waals surface area contributed by atoms with Gasteiger partial charge in [-0.1, -0.05) is 46.2 Å². The van der Waals surface area contributed by atoms with E-state index in [-0.39, 0.29) is 23.8 Å². The van der Waals surface area contributed by atoms with Crippen LogP contribution in [-0.2, 0) is 22.5 Å². The van der Waals surface area contributed by atoms with Gasteiger partial charge in [0.1, 0.15) is 17.8 Å². The van der Waals surface area contributed by atoms with Gasteiger partial charge in [0, 0.05) is 5.69 Å². The van der Waals surface area contributed by atoms with Crippen LogP contribution in [0.25, 0.3) is 0 Å². The van der Waals surface area contributed by atoms with Gasteiger partial charge in [0.25, 0.3) is 0 Å². The van der Waals surface area contributed by atoms with Gasteiger partial charge < -0.3 is 9.47 Å². The molecule has 0 spiro atoms. The number of fused-ring (bicyclic) bond motifs is 1. The predicted molar refractivity (Wildman–Crippen MR) is 126 cm³/mol. The minimum Gasteiger partial charge on any atom is -0.497 e. The molecule has 0 saturated heterocycles. The zero-order valence-electron chi connectivity index (χ0n) is 20.4. The van der Waals surface area contributed by atoms with Crippen molar-refractivity contribution in [2.75, 3.05) is 7.11 Å². The maximum absolute atomic E-state index is 13.4. The third-order valence-corrected chi connectivity index (χ3v) is 7.56. The number of hydrogen-bond acceptors (Lipinski definition) is 5. The van der Waals surface area contributed by atoms with E-state index in [1.165, 1.54) is 6.42 Å². The summed E-state index contributed by atoms with van der Waals surface area (Å²) in [7, 11) is 1.64. The van der Waals surface area contributed by atoms with E-state index in [0.717, 1.165) is 29.8 Å². The number of ether oxygens (including phenoxy) is 2. The Kier molecular flexibility index (Phi) is 6.91. The number of benzene rings is 1. The Morgan fingerprint density at radius 1 is 1.18 bits per heavy atom. The van der Waals surface area contributed by atoms with Crippen molar-refractivity contribution in [2.24, 2.45) is 29.6 Å². The van der Waals surface area contributed by atoms with Crippen LogP contribution in [0.5, 0.6) is 5.75 Å². The van der Waals surface area contributed by atoms with Crippen LogP contribution in [0.2, 0.25) is 0 Å². The zero-order valence-corrected chi connectivity index (χ0v) is 20.4. The Hall–Kier alpha value is -2.63. The average molecular weight is 453 g/mol. The molecule has 1 aromatic carbocycles. The van der Waals surface area contributed by atoms with Crippen LogP contribution in [0.15, 0.2) is 30.5 Å². The monoisotopic (exact) mass is 452 g/mol. The zero-order chi connectivity index (χ0) is 23.7. The molecule has 0 unspecified atom stereocenters. The lowest BCUT2D eigenvalue weighted by Crippen LogP contribution is -2.42. The lowest BCUT2D eigenvalue weighted by Gasteiger charge is -2.38. The number of esters is 1. The molecule has 2 aromatic rings. The van der Waals surface area contributed by atoms with Gasteiger partial charge in [-0.15, -0.1) is 0 Å². The minimum atomic E-state index is -0.749. The summed E-state index contributed by atoms with van der Waals surface area (Å²) >= 11 is 0. The fourth-order valence-electron chi connectivity index (χ4n) is 5.53. The molecule has 1 saturated carbocycles. The predicted octanol–water partition coefficient (Wildman–Crippen LogP) is 4.94. The lowest BCUT2D eigenvalue weighted by molar-refractivity contribution is -0.160. The molecule has 1 fully saturated rings. The molecule has 33 heavy (non-hydrogen) atoms. The van der Waals surface area contributed by atoms with Crippen molar-refractivity contribution in [3.63, 3.8) is 0 Å². The minimum absolute atomic E-state index is 0.0968. The number of carbonyl (C=O) groups excluding carboxylic acids is 2. The Morgan fingerprint density at radius 3 is 2.58 bits per heavy atom. The Morgan fingerprint density at radius 2 is 1.91 bits per heavy atom. The van der Waals surface area contributed by atoms with E-state index < -0.39 is 5.92 Å². The standard InChI is InChI=1S/C27H36N2O4/c1-16(2)21-11-6-17(3)12-24(21)33-27(31)25-18(4)13-23-22(26(25)30)14-28-29(23)15-19-7-9-20(32-5)10-8-19/h7-10,14,16-18,21,24-25H,6,11-13,15H2,1-5H3/t17-,18+,21+,24-,25-/m1/s1. The van der Waals surface area contributed by atoms with E-state index in [1.54, 1.807) is 13.3 Å². The molecular formula is C27H36N2O4. The van der Waals surface area contributed by atoms with Crippen LogP contribution < -0.4 is 4.74 Å². The number of aromatic nitrogens is 2. The third kappa shape index (κ3) is 4.85. The van der Waals surface area contributed by atoms with Crippen LogP contribution >= 0.6 is 0 Å². The van der Waals surface area contributed by atoms with Crippen molar-refractivity contribution in [3.8, 4) is 5.75 Å². The summed E-state index contributed by atoms with van der Waals surface area (Å²) in [6.45, 7) is 9.15. The fourth-order valence-corrected chi connectivity index (χ4v) is 5.53. The third-order valence-electron chi connectivity index (χ3n) is 7.56. The van der Waals surface area contributed by atoms with Crippen LogP contribution in [0.3, 0.4) is 0 Å². The van der Waals surface area contributed by atoms with Crippen LogP contribution in [0, 0.1) is 29.6 Å². The van der Waals surface area contributed by atoms with Gasteiger partial charge in [0.05, 0.1) is 25.4 Å². The van der Waals surface area contributed by atoms with Gasteiger partial charge >= 0.3 is 5.97 Å². The Bertz CT molecular complexity index is 994. The SMILES string of the molecule is COc1ccc(Cn2ncc3c2C[C@H](C)[C@@H](C(=O)O[C@@H]2C[C@H](C)CC[C@H]2C(C)C)C3=O)cc1. The molecule has 6 heteroatoms.